The summed E-state index contributed by atoms with van der Waals surface area (Å²) in [5.74, 6) is 0.569. The Bertz CT molecular complexity index is 126. The van der Waals surface area contributed by atoms with E-state index in [2.05, 4.69) is 5.32 Å². The second-order valence-corrected chi connectivity index (χ2v) is 3.58. The van der Waals surface area contributed by atoms with Crippen LogP contribution in [0.5, 0.6) is 0 Å². The van der Waals surface area contributed by atoms with Crippen molar-refractivity contribution in [2.75, 3.05) is 32.9 Å². The Balaban J connectivity index is 1.98. The summed E-state index contributed by atoms with van der Waals surface area (Å²) in [5.41, 5.74) is 0. The van der Waals surface area contributed by atoms with E-state index in [-0.39, 0.29) is 6.61 Å². The number of hydrogen-bond acceptors (Lipinski definition) is 4. The summed E-state index contributed by atoms with van der Waals surface area (Å²) in [7, 11) is 0. The lowest BCUT2D eigenvalue weighted by molar-refractivity contribution is 0.0508. The van der Waals surface area contributed by atoms with Crippen molar-refractivity contribution in [2.45, 2.75) is 18.9 Å². The van der Waals surface area contributed by atoms with Gasteiger partial charge in [0.25, 0.3) is 0 Å². The molecule has 1 heterocycles. The molecule has 1 aliphatic heterocycles. The smallest absolute Gasteiger partial charge is 0.0894 e. The highest BCUT2D eigenvalue weighted by Gasteiger charge is 2.13. The maximum atomic E-state index is 9.04. The SMILES string of the molecule is OCC(O)CNCC1CCCOC1. The first-order valence-corrected chi connectivity index (χ1v) is 4.90. The Hall–Kier alpha value is -0.160. The highest BCUT2D eigenvalue weighted by molar-refractivity contribution is 4.67. The van der Waals surface area contributed by atoms with Gasteiger partial charge in [-0.2, -0.15) is 0 Å². The molecule has 0 aromatic rings. The second kappa shape index (κ2) is 6.32. The van der Waals surface area contributed by atoms with Crippen molar-refractivity contribution in [2.24, 2.45) is 5.92 Å². The molecule has 1 rings (SSSR count). The van der Waals surface area contributed by atoms with Crippen LogP contribution in [0.4, 0.5) is 0 Å². The molecule has 0 aliphatic carbocycles. The van der Waals surface area contributed by atoms with E-state index in [1.165, 1.54) is 6.42 Å². The van der Waals surface area contributed by atoms with Gasteiger partial charge in [-0.1, -0.05) is 0 Å². The maximum absolute atomic E-state index is 9.04. The van der Waals surface area contributed by atoms with Gasteiger partial charge in [0.05, 0.1) is 19.3 Å². The molecule has 0 radical (unpaired) electrons. The number of nitrogens with one attached hydrogen (secondary N) is 1. The molecule has 0 aromatic carbocycles. The summed E-state index contributed by atoms with van der Waals surface area (Å²) in [5, 5.41) is 20.7. The van der Waals surface area contributed by atoms with Crippen LogP contribution in [-0.2, 0) is 4.74 Å². The van der Waals surface area contributed by atoms with Gasteiger partial charge in [0, 0.05) is 19.7 Å². The van der Waals surface area contributed by atoms with Crippen LogP contribution in [0.1, 0.15) is 12.8 Å². The van der Waals surface area contributed by atoms with Crippen LogP contribution in [-0.4, -0.2) is 49.2 Å². The monoisotopic (exact) mass is 189 g/mol. The Labute approximate surface area is 78.9 Å². The number of aliphatic hydroxyl groups is 2. The Kier molecular flexibility index (Phi) is 5.31. The van der Waals surface area contributed by atoms with Crippen molar-refractivity contribution in [3.05, 3.63) is 0 Å². The molecule has 0 spiro atoms. The van der Waals surface area contributed by atoms with E-state index in [4.69, 9.17) is 14.9 Å². The van der Waals surface area contributed by atoms with E-state index >= 15 is 0 Å². The Morgan fingerprint density at radius 2 is 2.38 bits per heavy atom. The van der Waals surface area contributed by atoms with E-state index in [1.54, 1.807) is 0 Å². The van der Waals surface area contributed by atoms with Crippen molar-refractivity contribution >= 4 is 0 Å². The average molecular weight is 189 g/mol. The minimum Gasteiger partial charge on any atom is -0.394 e. The molecule has 2 unspecified atom stereocenters. The molecule has 78 valence electrons. The third-order valence-electron chi connectivity index (χ3n) is 2.28. The molecule has 1 aliphatic rings. The lowest BCUT2D eigenvalue weighted by atomic mass is 10.0. The van der Waals surface area contributed by atoms with Gasteiger partial charge in [-0.25, -0.2) is 0 Å². The topological polar surface area (TPSA) is 61.7 Å². The zero-order valence-corrected chi connectivity index (χ0v) is 7.91. The lowest BCUT2D eigenvalue weighted by Crippen LogP contribution is -2.35. The number of ether oxygens (including phenoxy) is 1. The third kappa shape index (κ3) is 4.57. The van der Waals surface area contributed by atoms with Crippen molar-refractivity contribution in [3.8, 4) is 0 Å². The predicted molar refractivity (Wildman–Crippen MR) is 49.5 cm³/mol. The fourth-order valence-corrected chi connectivity index (χ4v) is 1.49. The highest BCUT2D eigenvalue weighted by atomic mass is 16.5. The maximum Gasteiger partial charge on any atom is 0.0894 e. The van der Waals surface area contributed by atoms with Crippen LogP contribution >= 0.6 is 0 Å². The summed E-state index contributed by atoms with van der Waals surface area (Å²) in [4.78, 5) is 0. The van der Waals surface area contributed by atoms with Crippen LogP contribution < -0.4 is 5.32 Å². The van der Waals surface area contributed by atoms with Gasteiger partial charge in [0.15, 0.2) is 0 Å². The van der Waals surface area contributed by atoms with E-state index < -0.39 is 6.10 Å². The Morgan fingerprint density at radius 3 is 3.00 bits per heavy atom. The van der Waals surface area contributed by atoms with E-state index in [0.29, 0.717) is 12.5 Å². The molecule has 3 N–H and O–H groups in total. The molecule has 0 saturated carbocycles. The largest absolute Gasteiger partial charge is 0.394 e. The van der Waals surface area contributed by atoms with Crippen LogP contribution in [0, 0.1) is 5.92 Å². The molecular weight excluding hydrogens is 170 g/mol. The predicted octanol–water partition coefficient (Wildman–Crippen LogP) is -0.644. The highest BCUT2D eigenvalue weighted by Crippen LogP contribution is 2.11. The van der Waals surface area contributed by atoms with Crippen LogP contribution in [0.15, 0.2) is 0 Å². The molecule has 4 nitrogen and oxygen atoms in total. The quantitative estimate of drug-likeness (QED) is 0.538. The van der Waals surface area contributed by atoms with Gasteiger partial charge >= 0.3 is 0 Å². The van der Waals surface area contributed by atoms with Crippen molar-refractivity contribution in [1.29, 1.82) is 0 Å². The average Bonchev–Trinajstić information content (AvgIpc) is 2.19. The first kappa shape index (κ1) is 10.9. The molecule has 1 saturated heterocycles. The minimum atomic E-state index is -0.635. The van der Waals surface area contributed by atoms with Gasteiger partial charge in [-0.15, -0.1) is 0 Å². The molecule has 0 amide bonds. The molecule has 1 fully saturated rings. The van der Waals surface area contributed by atoms with E-state index in [9.17, 15) is 0 Å². The standard InChI is InChI=1S/C9H19NO3/c11-6-9(12)5-10-4-8-2-1-3-13-7-8/h8-12H,1-7H2. The van der Waals surface area contributed by atoms with Crippen LogP contribution in [0.25, 0.3) is 0 Å². The molecule has 13 heavy (non-hydrogen) atoms. The van der Waals surface area contributed by atoms with Gasteiger partial charge in [-0.3, -0.25) is 0 Å². The fraction of sp³-hybridized carbons (Fsp3) is 1.00. The molecule has 4 heteroatoms. The van der Waals surface area contributed by atoms with Gasteiger partial charge in [0.1, 0.15) is 0 Å². The van der Waals surface area contributed by atoms with Gasteiger partial charge in [0.2, 0.25) is 0 Å². The zero-order valence-electron chi connectivity index (χ0n) is 7.91. The Morgan fingerprint density at radius 1 is 1.54 bits per heavy atom. The summed E-state index contributed by atoms with van der Waals surface area (Å²) < 4.78 is 5.31. The number of aliphatic hydroxyl groups excluding tert-OH is 2. The van der Waals surface area contributed by atoms with Gasteiger partial charge < -0.3 is 20.3 Å². The minimum absolute atomic E-state index is 0.172. The summed E-state index contributed by atoms with van der Waals surface area (Å²) in [6, 6.07) is 0. The summed E-state index contributed by atoms with van der Waals surface area (Å²) in [6.07, 6.45) is 1.70. The van der Waals surface area contributed by atoms with Gasteiger partial charge in [-0.05, 0) is 18.8 Å². The van der Waals surface area contributed by atoms with Crippen molar-refractivity contribution < 1.29 is 14.9 Å². The molecule has 0 bridgehead atoms. The van der Waals surface area contributed by atoms with Crippen LogP contribution in [0.3, 0.4) is 0 Å². The van der Waals surface area contributed by atoms with Crippen molar-refractivity contribution in [1.82, 2.24) is 5.32 Å². The summed E-state index contributed by atoms with van der Waals surface area (Å²) >= 11 is 0. The third-order valence-corrected chi connectivity index (χ3v) is 2.28. The molecule has 2 atom stereocenters. The molecule has 0 aromatic heterocycles. The normalized spacial score (nSPS) is 25.8. The number of rotatable bonds is 5. The number of hydrogen-bond donors (Lipinski definition) is 3. The lowest BCUT2D eigenvalue weighted by Gasteiger charge is -2.22. The first-order valence-electron chi connectivity index (χ1n) is 4.90. The van der Waals surface area contributed by atoms with Crippen molar-refractivity contribution in [3.63, 3.8) is 0 Å². The zero-order chi connectivity index (χ0) is 9.52. The first-order chi connectivity index (χ1) is 6.33. The van der Waals surface area contributed by atoms with Crippen LogP contribution in [0.2, 0.25) is 0 Å². The molecular formula is C9H19NO3. The second-order valence-electron chi connectivity index (χ2n) is 3.58. The fourth-order valence-electron chi connectivity index (χ4n) is 1.49. The van der Waals surface area contributed by atoms with E-state index in [1.807, 2.05) is 0 Å². The summed E-state index contributed by atoms with van der Waals surface area (Å²) in [6.45, 7) is 2.87. The van der Waals surface area contributed by atoms with E-state index in [0.717, 1.165) is 26.2 Å².